The first kappa shape index (κ1) is 28.7. The van der Waals surface area contributed by atoms with Gasteiger partial charge in [0.1, 0.15) is 18.2 Å². The van der Waals surface area contributed by atoms with Crippen LogP contribution >= 0.6 is 0 Å². The SMILES string of the molecule is CCCCCCOC(=O)NC(=N)c1ccc(-c2ccc(OC[C@@H]3C[C@@H](CC(=O)OCC)C(=O)N3)cc2)cc1. The Morgan fingerprint density at radius 3 is 2.32 bits per heavy atom. The highest BCUT2D eigenvalue weighted by Crippen LogP contribution is 2.24. The largest absolute Gasteiger partial charge is 0.491 e. The molecule has 1 aliphatic rings. The number of amidine groups is 1. The number of alkyl carbamates (subject to hydrolysis) is 1. The fraction of sp³-hybridized carbons (Fsp3) is 0.448. The number of carbonyl (C=O) groups excluding carboxylic acids is 3. The summed E-state index contributed by atoms with van der Waals surface area (Å²) < 4.78 is 15.9. The second kappa shape index (κ2) is 14.8. The molecule has 0 unspecified atom stereocenters. The van der Waals surface area contributed by atoms with E-state index in [1.54, 1.807) is 19.1 Å². The molecule has 9 nitrogen and oxygen atoms in total. The molecule has 0 bridgehead atoms. The molecule has 1 saturated heterocycles. The van der Waals surface area contributed by atoms with Gasteiger partial charge in [0.15, 0.2) is 0 Å². The van der Waals surface area contributed by atoms with Crippen molar-refractivity contribution in [2.75, 3.05) is 19.8 Å². The molecule has 3 N–H and O–H groups in total. The van der Waals surface area contributed by atoms with E-state index in [-0.39, 0.29) is 36.1 Å². The molecule has 3 rings (SSSR count). The Hall–Kier alpha value is -3.88. The first-order valence-electron chi connectivity index (χ1n) is 13.2. The van der Waals surface area contributed by atoms with Crippen LogP contribution in [-0.4, -0.2) is 49.7 Å². The molecular weight excluding hydrogens is 486 g/mol. The van der Waals surface area contributed by atoms with Crippen molar-refractivity contribution in [2.24, 2.45) is 5.92 Å². The van der Waals surface area contributed by atoms with Gasteiger partial charge in [0.05, 0.1) is 31.6 Å². The van der Waals surface area contributed by atoms with Crippen LogP contribution in [-0.2, 0) is 19.1 Å². The minimum Gasteiger partial charge on any atom is -0.491 e. The van der Waals surface area contributed by atoms with E-state index < -0.39 is 6.09 Å². The lowest BCUT2D eigenvalue weighted by atomic mass is 10.0. The van der Waals surface area contributed by atoms with Crippen molar-refractivity contribution in [3.8, 4) is 16.9 Å². The Labute approximate surface area is 223 Å². The summed E-state index contributed by atoms with van der Waals surface area (Å²) in [5, 5.41) is 13.5. The van der Waals surface area contributed by atoms with Crippen LogP contribution in [0.3, 0.4) is 0 Å². The molecule has 1 aliphatic heterocycles. The number of nitrogens with one attached hydrogen (secondary N) is 3. The zero-order valence-electron chi connectivity index (χ0n) is 22.1. The summed E-state index contributed by atoms with van der Waals surface area (Å²) in [6, 6.07) is 14.7. The number of hydrogen-bond donors (Lipinski definition) is 3. The summed E-state index contributed by atoms with van der Waals surface area (Å²) in [5.41, 5.74) is 2.51. The predicted octanol–water partition coefficient (Wildman–Crippen LogP) is 4.82. The van der Waals surface area contributed by atoms with Crippen LogP contribution in [0, 0.1) is 11.3 Å². The third-order valence-corrected chi connectivity index (χ3v) is 6.28. The van der Waals surface area contributed by atoms with E-state index in [0.29, 0.717) is 37.6 Å². The summed E-state index contributed by atoms with van der Waals surface area (Å²) in [7, 11) is 0. The third-order valence-electron chi connectivity index (χ3n) is 6.28. The lowest BCUT2D eigenvalue weighted by Crippen LogP contribution is -2.31. The van der Waals surface area contributed by atoms with Crippen molar-refractivity contribution < 1.29 is 28.6 Å². The van der Waals surface area contributed by atoms with Crippen molar-refractivity contribution in [1.29, 1.82) is 5.41 Å². The van der Waals surface area contributed by atoms with E-state index >= 15 is 0 Å². The second-order valence-electron chi connectivity index (χ2n) is 9.26. The first-order chi connectivity index (χ1) is 18.4. The molecule has 0 radical (unpaired) electrons. The van der Waals surface area contributed by atoms with Crippen LogP contribution in [0.5, 0.6) is 5.75 Å². The van der Waals surface area contributed by atoms with Crippen molar-refractivity contribution in [1.82, 2.24) is 10.6 Å². The lowest BCUT2D eigenvalue weighted by Gasteiger charge is -2.13. The van der Waals surface area contributed by atoms with Gasteiger partial charge in [0.2, 0.25) is 5.91 Å². The minimum absolute atomic E-state index is 0.0117. The van der Waals surface area contributed by atoms with E-state index in [1.807, 2.05) is 36.4 Å². The van der Waals surface area contributed by atoms with E-state index in [2.05, 4.69) is 17.6 Å². The Morgan fingerprint density at radius 2 is 1.66 bits per heavy atom. The minimum atomic E-state index is -0.613. The molecule has 38 heavy (non-hydrogen) atoms. The van der Waals surface area contributed by atoms with Gasteiger partial charge in [0, 0.05) is 5.56 Å². The van der Waals surface area contributed by atoms with Crippen LogP contribution in [0.15, 0.2) is 48.5 Å². The Kier molecular flexibility index (Phi) is 11.1. The van der Waals surface area contributed by atoms with Crippen molar-refractivity contribution in [3.05, 3.63) is 54.1 Å². The molecule has 2 aromatic rings. The number of amides is 2. The summed E-state index contributed by atoms with van der Waals surface area (Å²) in [6.45, 7) is 4.83. The summed E-state index contributed by atoms with van der Waals surface area (Å²) >= 11 is 0. The normalized spacial score (nSPS) is 16.4. The van der Waals surface area contributed by atoms with Gasteiger partial charge >= 0.3 is 12.1 Å². The number of hydrogen-bond acceptors (Lipinski definition) is 7. The van der Waals surface area contributed by atoms with Crippen molar-refractivity contribution >= 4 is 23.8 Å². The van der Waals surface area contributed by atoms with Gasteiger partial charge in [-0.1, -0.05) is 62.6 Å². The number of ether oxygens (including phenoxy) is 3. The van der Waals surface area contributed by atoms with E-state index in [9.17, 15) is 14.4 Å². The summed E-state index contributed by atoms with van der Waals surface area (Å²) in [5.74, 6) is -0.226. The molecule has 0 aliphatic carbocycles. The number of benzene rings is 2. The maximum absolute atomic E-state index is 12.1. The number of rotatable bonds is 13. The maximum Gasteiger partial charge on any atom is 0.412 e. The van der Waals surface area contributed by atoms with E-state index in [0.717, 1.165) is 36.8 Å². The Bertz CT molecular complexity index is 1080. The highest BCUT2D eigenvalue weighted by atomic mass is 16.5. The fourth-order valence-electron chi connectivity index (χ4n) is 4.21. The Balaban J connectivity index is 1.44. The average Bonchev–Trinajstić information content (AvgIpc) is 3.26. The van der Waals surface area contributed by atoms with Crippen molar-refractivity contribution in [2.45, 2.75) is 58.4 Å². The summed E-state index contributed by atoms with van der Waals surface area (Å²) in [6.07, 6.45) is 4.08. The van der Waals surface area contributed by atoms with Gasteiger partial charge in [-0.05, 0) is 43.0 Å². The van der Waals surface area contributed by atoms with Crippen LogP contribution in [0.2, 0.25) is 0 Å². The molecule has 0 aromatic heterocycles. The average molecular weight is 524 g/mol. The number of unbranched alkanes of at least 4 members (excludes halogenated alkanes) is 3. The van der Waals surface area contributed by atoms with Crippen LogP contribution in [0.25, 0.3) is 11.1 Å². The number of esters is 1. The fourth-order valence-corrected chi connectivity index (χ4v) is 4.21. The van der Waals surface area contributed by atoms with Gasteiger partial charge in [-0.2, -0.15) is 0 Å². The molecule has 1 fully saturated rings. The first-order valence-corrected chi connectivity index (χ1v) is 13.2. The highest BCUT2D eigenvalue weighted by molar-refractivity contribution is 6.04. The van der Waals surface area contributed by atoms with Gasteiger partial charge in [0.25, 0.3) is 0 Å². The second-order valence-corrected chi connectivity index (χ2v) is 9.26. The third kappa shape index (κ3) is 8.90. The predicted molar refractivity (Wildman–Crippen MR) is 144 cm³/mol. The molecule has 0 saturated carbocycles. The van der Waals surface area contributed by atoms with E-state index in [4.69, 9.17) is 19.6 Å². The van der Waals surface area contributed by atoms with Gasteiger partial charge in [-0.3, -0.25) is 20.3 Å². The summed E-state index contributed by atoms with van der Waals surface area (Å²) in [4.78, 5) is 35.7. The molecule has 9 heteroatoms. The molecular formula is C29H37N3O6. The zero-order chi connectivity index (χ0) is 27.3. The molecule has 2 amide bonds. The molecule has 2 aromatic carbocycles. The van der Waals surface area contributed by atoms with Crippen molar-refractivity contribution in [3.63, 3.8) is 0 Å². The topological polar surface area (TPSA) is 127 Å². The highest BCUT2D eigenvalue weighted by Gasteiger charge is 2.34. The van der Waals surface area contributed by atoms with Crippen LogP contribution in [0.4, 0.5) is 4.79 Å². The van der Waals surface area contributed by atoms with Crippen LogP contribution < -0.4 is 15.4 Å². The van der Waals surface area contributed by atoms with Gasteiger partial charge < -0.3 is 19.5 Å². The molecule has 204 valence electrons. The standard InChI is InChI=1S/C29H37N3O6/c1-3-5-6-7-16-37-29(35)32-27(30)22-10-8-20(9-11-22)21-12-14-25(15-13-21)38-19-24-17-23(28(34)31-24)18-26(33)36-4-2/h8-15,23-24H,3-7,16-19H2,1-2H3,(H,31,34)(H2,30,32,35)/t23-,24-/m0/s1. The lowest BCUT2D eigenvalue weighted by molar-refractivity contribution is -0.145. The monoisotopic (exact) mass is 523 g/mol. The molecule has 1 heterocycles. The van der Waals surface area contributed by atoms with Gasteiger partial charge in [-0.25, -0.2) is 4.79 Å². The molecule has 0 spiro atoms. The molecule has 2 atom stereocenters. The van der Waals surface area contributed by atoms with Gasteiger partial charge in [-0.15, -0.1) is 0 Å². The zero-order valence-corrected chi connectivity index (χ0v) is 22.1. The number of carbonyl (C=O) groups is 3. The maximum atomic E-state index is 12.1. The van der Waals surface area contributed by atoms with Crippen LogP contribution in [0.1, 0.15) is 57.9 Å². The Morgan fingerprint density at radius 1 is 0.974 bits per heavy atom. The smallest absolute Gasteiger partial charge is 0.412 e. The van der Waals surface area contributed by atoms with E-state index in [1.165, 1.54) is 0 Å². The quantitative estimate of drug-likeness (QED) is 0.149.